The number of likely N-dealkylation sites (tertiary alicyclic amines) is 1. The molecule has 1 amide bonds. The molecule has 1 aliphatic rings. The predicted octanol–water partition coefficient (Wildman–Crippen LogP) is 2.54. The van der Waals surface area contributed by atoms with Gasteiger partial charge in [-0.2, -0.15) is 0 Å². The molecule has 128 valence electrons. The number of hydrogen-bond acceptors (Lipinski definition) is 5. The Kier molecular flexibility index (Phi) is 5.73. The quantitative estimate of drug-likeness (QED) is 0.791. The largest absolute Gasteiger partial charge is 0.444 e. The van der Waals surface area contributed by atoms with Gasteiger partial charge in [-0.25, -0.2) is 14.8 Å². The van der Waals surface area contributed by atoms with Crippen LogP contribution in [-0.4, -0.2) is 49.6 Å². The molecule has 1 unspecified atom stereocenters. The van der Waals surface area contributed by atoms with Crippen LogP contribution >= 0.6 is 0 Å². The highest BCUT2D eigenvalue weighted by Gasteiger charge is 2.28. The second kappa shape index (κ2) is 7.38. The number of carbonyl (C=O) groups excluding carboxylic acids is 1. The van der Waals surface area contributed by atoms with Crippen LogP contribution in [0.2, 0.25) is 0 Å². The molecule has 1 saturated heterocycles. The van der Waals surface area contributed by atoms with Crippen LogP contribution in [0, 0.1) is 12.8 Å². The number of aryl methyl sites for hydroxylation is 1. The molecule has 23 heavy (non-hydrogen) atoms. The predicted molar refractivity (Wildman–Crippen MR) is 88.6 cm³/mol. The fourth-order valence-corrected chi connectivity index (χ4v) is 3.77. The normalized spacial score (nSPS) is 17.8. The van der Waals surface area contributed by atoms with Crippen molar-refractivity contribution in [1.29, 1.82) is 0 Å². The van der Waals surface area contributed by atoms with Gasteiger partial charge >= 0.3 is 6.09 Å². The van der Waals surface area contributed by atoms with Crippen LogP contribution in [0.3, 0.4) is 0 Å². The van der Waals surface area contributed by atoms with Gasteiger partial charge < -0.3 is 9.64 Å². The highest BCUT2D eigenvalue weighted by molar-refractivity contribution is 7.84. The molecule has 0 N–H and O–H groups in total. The number of nitrogens with zero attached hydrogens (tertiary/aromatic N) is 3. The summed E-state index contributed by atoms with van der Waals surface area (Å²) in [4.78, 5) is 22.1. The third kappa shape index (κ3) is 5.57. The first kappa shape index (κ1) is 17.8. The van der Waals surface area contributed by atoms with Gasteiger partial charge in [0.1, 0.15) is 5.60 Å². The Bertz CT molecular complexity index is 578. The van der Waals surface area contributed by atoms with Gasteiger partial charge in [0, 0.05) is 30.7 Å². The molecule has 1 aromatic rings. The minimum atomic E-state index is -1.19. The molecule has 6 nitrogen and oxygen atoms in total. The maximum absolute atomic E-state index is 12.3. The van der Waals surface area contributed by atoms with Crippen molar-refractivity contribution in [3.8, 4) is 0 Å². The number of carbonyl (C=O) groups is 1. The summed E-state index contributed by atoms with van der Waals surface area (Å²) >= 11 is 0. The van der Waals surface area contributed by atoms with Gasteiger partial charge in [-0.05, 0) is 52.5 Å². The SMILES string of the molecule is Cc1ccnc(S(=O)CC2CCN(C(=O)OC(C)(C)C)CC2)n1. The molecule has 0 spiro atoms. The van der Waals surface area contributed by atoms with E-state index in [0.29, 0.717) is 29.9 Å². The van der Waals surface area contributed by atoms with Crippen molar-refractivity contribution in [3.05, 3.63) is 18.0 Å². The van der Waals surface area contributed by atoms with Crippen molar-refractivity contribution in [2.45, 2.75) is 51.3 Å². The van der Waals surface area contributed by atoms with E-state index < -0.39 is 16.4 Å². The molecule has 2 heterocycles. The average molecular weight is 339 g/mol. The van der Waals surface area contributed by atoms with E-state index >= 15 is 0 Å². The van der Waals surface area contributed by atoms with E-state index in [9.17, 15) is 9.00 Å². The lowest BCUT2D eigenvalue weighted by Gasteiger charge is -2.33. The first-order valence-corrected chi connectivity index (χ1v) is 9.22. The van der Waals surface area contributed by atoms with E-state index in [0.717, 1.165) is 18.5 Å². The van der Waals surface area contributed by atoms with Gasteiger partial charge in [0.25, 0.3) is 0 Å². The van der Waals surface area contributed by atoms with Crippen LogP contribution in [0.1, 0.15) is 39.3 Å². The van der Waals surface area contributed by atoms with Crippen molar-refractivity contribution in [2.24, 2.45) is 5.92 Å². The standard InChI is InChI=1S/C16H25N3O3S/c1-12-5-8-17-14(18-12)23(21)11-13-6-9-19(10-7-13)15(20)22-16(2,3)4/h5,8,13H,6-7,9-11H2,1-4H3. The zero-order valence-corrected chi connectivity index (χ0v) is 15.1. The number of ether oxygens (including phenoxy) is 1. The molecule has 1 atom stereocenters. The molecular formula is C16H25N3O3S. The van der Waals surface area contributed by atoms with Crippen LogP contribution in [0.25, 0.3) is 0 Å². The number of amides is 1. The molecule has 0 saturated carbocycles. The Morgan fingerprint density at radius 2 is 2.04 bits per heavy atom. The summed E-state index contributed by atoms with van der Waals surface area (Å²) in [5, 5.41) is 0.402. The zero-order valence-electron chi connectivity index (χ0n) is 14.2. The molecular weight excluding hydrogens is 314 g/mol. The van der Waals surface area contributed by atoms with Crippen molar-refractivity contribution in [1.82, 2.24) is 14.9 Å². The zero-order chi connectivity index (χ0) is 17.0. The fraction of sp³-hybridized carbons (Fsp3) is 0.688. The molecule has 2 rings (SSSR count). The number of rotatable bonds is 3. The molecule has 1 aromatic heterocycles. The lowest BCUT2D eigenvalue weighted by molar-refractivity contribution is 0.0191. The summed E-state index contributed by atoms with van der Waals surface area (Å²) in [6, 6.07) is 1.79. The van der Waals surface area contributed by atoms with E-state index in [2.05, 4.69) is 9.97 Å². The fourth-order valence-electron chi connectivity index (χ4n) is 2.43. The Labute approximate surface area is 140 Å². The molecule has 7 heteroatoms. The Balaban J connectivity index is 1.83. The summed E-state index contributed by atoms with van der Waals surface area (Å²) in [7, 11) is -1.19. The minimum Gasteiger partial charge on any atom is -0.444 e. The van der Waals surface area contributed by atoms with Gasteiger partial charge in [-0.3, -0.25) is 4.21 Å². The van der Waals surface area contributed by atoms with Crippen LogP contribution in [0.15, 0.2) is 17.4 Å². The van der Waals surface area contributed by atoms with Crippen LogP contribution in [-0.2, 0) is 15.5 Å². The summed E-state index contributed by atoms with van der Waals surface area (Å²) < 4.78 is 17.7. The highest BCUT2D eigenvalue weighted by Crippen LogP contribution is 2.21. The Morgan fingerprint density at radius 3 is 2.61 bits per heavy atom. The monoisotopic (exact) mass is 339 g/mol. The van der Waals surface area contributed by atoms with Gasteiger partial charge in [0.15, 0.2) is 0 Å². The maximum Gasteiger partial charge on any atom is 0.410 e. The topological polar surface area (TPSA) is 72.4 Å². The highest BCUT2D eigenvalue weighted by atomic mass is 32.2. The number of hydrogen-bond donors (Lipinski definition) is 0. The van der Waals surface area contributed by atoms with Crippen LogP contribution in [0.4, 0.5) is 4.79 Å². The van der Waals surface area contributed by atoms with E-state index in [4.69, 9.17) is 4.74 Å². The third-order valence-electron chi connectivity index (χ3n) is 3.63. The van der Waals surface area contributed by atoms with Gasteiger partial charge in [0.05, 0.1) is 10.8 Å². The van der Waals surface area contributed by atoms with Crippen LogP contribution in [0.5, 0.6) is 0 Å². The van der Waals surface area contributed by atoms with E-state index in [-0.39, 0.29) is 6.09 Å². The van der Waals surface area contributed by atoms with E-state index in [1.54, 1.807) is 17.2 Å². The number of aromatic nitrogens is 2. The van der Waals surface area contributed by atoms with Crippen molar-refractivity contribution in [2.75, 3.05) is 18.8 Å². The smallest absolute Gasteiger partial charge is 0.410 e. The lowest BCUT2D eigenvalue weighted by Crippen LogP contribution is -2.42. The molecule has 0 aliphatic carbocycles. The molecule has 0 aromatic carbocycles. The summed E-state index contributed by atoms with van der Waals surface area (Å²) in [5.41, 5.74) is 0.348. The summed E-state index contributed by atoms with van der Waals surface area (Å²) in [6.45, 7) is 8.74. The lowest BCUT2D eigenvalue weighted by atomic mass is 9.99. The molecule has 0 bridgehead atoms. The Hall–Kier alpha value is -1.50. The summed E-state index contributed by atoms with van der Waals surface area (Å²) in [6.07, 6.45) is 3.04. The van der Waals surface area contributed by atoms with Crippen molar-refractivity contribution >= 4 is 16.9 Å². The molecule has 1 fully saturated rings. The third-order valence-corrected chi connectivity index (χ3v) is 5.01. The molecule has 1 aliphatic heterocycles. The second-order valence-corrected chi connectivity index (χ2v) is 8.29. The molecule has 0 radical (unpaired) electrons. The average Bonchev–Trinajstić information content (AvgIpc) is 2.46. The first-order chi connectivity index (χ1) is 10.7. The first-order valence-electron chi connectivity index (χ1n) is 7.90. The van der Waals surface area contributed by atoms with Crippen molar-refractivity contribution in [3.63, 3.8) is 0 Å². The van der Waals surface area contributed by atoms with E-state index in [1.165, 1.54) is 0 Å². The van der Waals surface area contributed by atoms with Crippen molar-refractivity contribution < 1.29 is 13.7 Å². The Morgan fingerprint density at radius 1 is 1.39 bits per heavy atom. The maximum atomic E-state index is 12.3. The summed E-state index contributed by atoms with van der Waals surface area (Å²) in [5.74, 6) is 0.865. The number of piperidine rings is 1. The van der Waals surface area contributed by atoms with Gasteiger partial charge in [-0.1, -0.05) is 0 Å². The minimum absolute atomic E-state index is 0.265. The van der Waals surface area contributed by atoms with Gasteiger partial charge in [-0.15, -0.1) is 0 Å². The van der Waals surface area contributed by atoms with Gasteiger partial charge in [0.2, 0.25) is 5.16 Å². The van der Waals surface area contributed by atoms with Crippen LogP contribution < -0.4 is 0 Å². The second-order valence-electron chi connectivity index (χ2n) is 6.90. The van der Waals surface area contributed by atoms with E-state index in [1.807, 2.05) is 27.7 Å².